The highest BCUT2D eigenvalue weighted by Gasteiger charge is 2.18. The zero-order chi connectivity index (χ0) is 10.4. The summed E-state index contributed by atoms with van der Waals surface area (Å²) in [5.41, 5.74) is 1.54. The summed E-state index contributed by atoms with van der Waals surface area (Å²) < 4.78 is 0. The Morgan fingerprint density at radius 1 is 1.36 bits per heavy atom. The van der Waals surface area contributed by atoms with Crippen molar-refractivity contribution in [3.63, 3.8) is 0 Å². The molecule has 1 aliphatic rings. The summed E-state index contributed by atoms with van der Waals surface area (Å²) in [6.07, 6.45) is 7.29. The molecule has 0 spiro atoms. The lowest BCUT2D eigenvalue weighted by Crippen LogP contribution is -2.40. The van der Waals surface area contributed by atoms with Gasteiger partial charge < -0.3 is 10.2 Å². The predicted molar refractivity (Wildman–Crippen MR) is 62.3 cm³/mol. The quantitative estimate of drug-likeness (QED) is 0.742. The maximum absolute atomic E-state index is 3.37. The summed E-state index contributed by atoms with van der Waals surface area (Å²) in [6, 6.07) is 0.742. The minimum absolute atomic E-state index is 0.742. The van der Waals surface area contributed by atoms with Crippen molar-refractivity contribution in [2.24, 2.45) is 0 Å². The first kappa shape index (κ1) is 11.6. The summed E-state index contributed by atoms with van der Waals surface area (Å²) >= 11 is 0. The first-order valence-corrected chi connectivity index (χ1v) is 5.93. The fourth-order valence-electron chi connectivity index (χ4n) is 2.19. The standard InChI is InChI=1S/C12H24N2/c1-4-6-12(5-2)14-9-7-11(13-3)8-10-14/h6,11,13H,4-5,7-10H2,1-3H3/b12-6+. The van der Waals surface area contributed by atoms with Crippen LogP contribution in [0.25, 0.3) is 0 Å². The van der Waals surface area contributed by atoms with Gasteiger partial charge in [0, 0.05) is 24.8 Å². The third-order valence-electron chi connectivity index (χ3n) is 3.11. The number of hydrogen-bond donors (Lipinski definition) is 1. The van der Waals surface area contributed by atoms with Gasteiger partial charge in [0.1, 0.15) is 0 Å². The molecule has 14 heavy (non-hydrogen) atoms. The monoisotopic (exact) mass is 196 g/mol. The number of likely N-dealkylation sites (tertiary alicyclic amines) is 1. The average molecular weight is 196 g/mol. The van der Waals surface area contributed by atoms with Crippen molar-refractivity contribution in [3.8, 4) is 0 Å². The average Bonchev–Trinajstić information content (AvgIpc) is 2.26. The van der Waals surface area contributed by atoms with E-state index in [4.69, 9.17) is 0 Å². The fourth-order valence-corrected chi connectivity index (χ4v) is 2.19. The van der Waals surface area contributed by atoms with E-state index >= 15 is 0 Å². The van der Waals surface area contributed by atoms with E-state index < -0.39 is 0 Å². The lowest BCUT2D eigenvalue weighted by molar-refractivity contribution is 0.242. The fraction of sp³-hybridized carbons (Fsp3) is 0.833. The van der Waals surface area contributed by atoms with Crippen molar-refractivity contribution in [1.29, 1.82) is 0 Å². The summed E-state index contributed by atoms with van der Waals surface area (Å²) in [6.45, 7) is 6.93. The van der Waals surface area contributed by atoms with Crippen molar-refractivity contribution in [1.82, 2.24) is 10.2 Å². The Balaban J connectivity index is 2.43. The molecule has 82 valence electrons. The van der Waals surface area contributed by atoms with Gasteiger partial charge in [-0.05, 0) is 32.7 Å². The molecule has 0 amide bonds. The number of nitrogens with one attached hydrogen (secondary N) is 1. The van der Waals surface area contributed by atoms with E-state index in [9.17, 15) is 0 Å². The molecule has 1 saturated heterocycles. The molecular weight excluding hydrogens is 172 g/mol. The van der Waals surface area contributed by atoms with Crippen molar-refractivity contribution < 1.29 is 0 Å². The van der Waals surface area contributed by atoms with Gasteiger partial charge in [-0.1, -0.05) is 19.9 Å². The summed E-state index contributed by atoms with van der Waals surface area (Å²) in [5.74, 6) is 0. The third kappa shape index (κ3) is 3.02. The van der Waals surface area contributed by atoms with Crippen LogP contribution in [0, 0.1) is 0 Å². The lowest BCUT2D eigenvalue weighted by atomic mass is 10.0. The van der Waals surface area contributed by atoms with Gasteiger partial charge in [-0.3, -0.25) is 0 Å². The van der Waals surface area contributed by atoms with Gasteiger partial charge in [0.25, 0.3) is 0 Å². The SMILES string of the molecule is CC/C=C(\CC)N1CCC(NC)CC1. The Kier molecular flexibility index (Phi) is 5.02. The normalized spacial score (nSPS) is 20.2. The molecule has 0 bridgehead atoms. The molecule has 0 radical (unpaired) electrons. The highest BCUT2D eigenvalue weighted by molar-refractivity contribution is 5.01. The molecule has 0 aromatic heterocycles. The third-order valence-corrected chi connectivity index (χ3v) is 3.11. The van der Waals surface area contributed by atoms with Gasteiger partial charge in [0.2, 0.25) is 0 Å². The second-order valence-electron chi connectivity index (χ2n) is 4.01. The van der Waals surface area contributed by atoms with Gasteiger partial charge >= 0.3 is 0 Å². The van der Waals surface area contributed by atoms with E-state index in [1.165, 1.54) is 32.4 Å². The van der Waals surface area contributed by atoms with E-state index in [1.807, 2.05) is 0 Å². The first-order valence-electron chi connectivity index (χ1n) is 5.93. The van der Waals surface area contributed by atoms with Crippen LogP contribution >= 0.6 is 0 Å². The van der Waals surface area contributed by atoms with Crippen molar-refractivity contribution >= 4 is 0 Å². The molecule has 1 heterocycles. The lowest BCUT2D eigenvalue weighted by Gasteiger charge is -2.35. The zero-order valence-electron chi connectivity index (χ0n) is 9.84. The minimum Gasteiger partial charge on any atom is -0.375 e. The molecule has 2 heteroatoms. The number of piperidine rings is 1. The summed E-state index contributed by atoms with van der Waals surface area (Å²) in [5, 5.41) is 3.37. The molecule has 1 aliphatic heterocycles. The molecule has 1 fully saturated rings. The molecular formula is C12H24N2. The minimum atomic E-state index is 0.742. The Bertz CT molecular complexity index is 179. The highest BCUT2D eigenvalue weighted by Crippen LogP contribution is 2.17. The number of hydrogen-bond acceptors (Lipinski definition) is 2. The second-order valence-corrected chi connectivity index (χ2v) is 4.01. The molecule has 0 unspecified atom stereocenters. The van der Waals surface area contributed by atoms with Crippen LogP contribution in [-0.4, -0.2) is 31.1 Å². The van der Waals surface area contributed by atoms with E-state index in [2.05, 4.69) is 37.2 Å². The Morgan fingerprint density at radius 2 is 2.00 bits per heavy atom. The van der Waals surface area contributed by atoms with Gasteiger partial charge in [-0.25, -0.2) is 0 Å². The van der Waals surface area contributed by atoms with E-state index in [1.54, 1.807) is 5.70 Å². The largest absolute Gasteiger partial charge is 0.375 e. The summed E-state index contributed by atoms with van der Waals surface area (Å²) in [7, 11) is 2.07. The number of rotatable bonds is 4. The van der Waals surface area contributed by atoms with E-state index in [-0.39, 0.29) is 0 Å². The zero-order valence-corrected chi connectivity index (χ0v) is 9.84. The van der Waals surface area contributed by atoms with Crippen molar-refractivity contribution in [2.75, 3.05) is 20.1 Å². The van der Waals surface area contributed by atoms with Crippen LogP contribution < -0.4 is 5.32 Å². The topological polar surface area (TPSA) is 15.3 Å². The number of nitrogens with zero attached hydrogens (tertiary/aromatic N) is 1. The molecule has 2 nitrogen and oxygen atoms in total. The second kappa shape index (κ2) is 6.07. The van der Waals surface area contributed by atoms with Gasteiger partial charge in [0.05, 0.1) is 0 Å². The van der Waals surface area contributed by atoms with Gasteiger partial charge in [-0.2, -0.15) is 0 Å². The van der Waals surface area contributed by atoms with Crippen LogP contribution in [0.2, 0.25) is 0 Å². The molecule has 0 aromatic carbocycles. The maximum Gasteiger partial charge on any atom is 0.0189 e. The van der Waals surface area contributed by atoms with Crippen LogP contribution in [0.3, 0.4) is 0 Å². The van der Waals surface area contributed by atoms with E-state index in [0.29, 0.717) is 0 Å². The van der Waals surface area contributed by atoms with Crippen molar-refractivity contribution in [3.05, 3.63) is 11.8 Å². The van der Waals surface area contributed by atoms with Crippen LogP contribution in [-0.2, 0) is 0 Å². The highest BCUT2D eigenvalue weighted by atomic mass is 15.1. The van der Waals surface area contributed by atoms with Crippen molar-refractivity contribution in [2.45, 2.75) is 45.6 Å². The van der Waals surface area contributed by atoms with Crippen LogP contribution in [0.1, 0.15) is 39.5 Å². The van der Waals surface area contributed by atoms with Crippen LogP contribution in [0.15, 0.2) is 11.8 Å². The molecule has 0 aliphatic carbocycles. The summed E-state index contributed by atoms with van der Waals surface area (Å²) in [4.78, 5) is 2.55. The Hall–Kier alpha value is -0.500. The predicted octanol–water partition coefficient (Wildman–Crippen LogP) is 2.37. The number of allylic oxidation sites excluding steroid dienone is 2. The molecule has 0 atom stereocenters. The maximum atomic E-state index is 3.37. The Morgan fingerprint density at radius 3 is 2.43 bits per heavy atom. The van der Waals surface area contributed by atoms with E-state index in [0.717, 1.165) is 12.5 Å². The molecule has 1 rings (SSSR count). The van der Waals surface area contributed by atoms with Crippen LogP contribution in [0.4, 0.5) is 0 Å². The first-order chi connectivity index (χ1) is 6.81. The van der Waals surface area contributed by atoms with Gasteiger partial charge in [-0.15, -0.1) is 0 Å². The smallest absolute Gasteiger partial charge is 0.0189 e. The molecule has 0 aromatic rings. The van der Waals surface area contributed by atoms with Gasteiger partial charge in [0.15, 0.2) is 0 Å². The molecule has 0 saturated carbocycles. The van der Waals surface area contributed by atoms with Crippen LogP contribution in [0.5, 0.6) is 0 Å². The Labute approximate surface area is 88.4 Å². The molecule has 1 N–H and O–H groups in total.